The Labute approximate surface area is 152 Å². The summed E-state index contributed by atoms with van der Waals surface area (Å²) >= 11 is 0. The zero-order chi connectivity index (χ0) is 17.9. The topological polar surface area (TPSA) is 64.7 Å². The van der Waals surface area contributed by atoms with E-state index in [2.05, 4.69) is 15.5 Å². The number of carbonyl (C=O) groups excluding carboxylic acids is 1. The molecule has 134 valence electrons. The van der Waals surface area contributed by atoms with E-state index in [4.69, 9.17) is 0 Å². The molecule has 0 saturated heterocycles. The fourth-order valence-electron chi connectivity index (χ4n) is 3.62. The molecule has 0 aliphatic heterocycles. The summed E-state index contributed by atoms with van der Waals surface area (Å²) in [5.74, 6) is 0.684. The first-order valence-electron chi connectivity index (χ1n) is 9.13. The van der Waals surface area contributed by atoms with E-state index in [-0.39, 0.29) is 5.91 Å². The van der Waals surface area contributed by atoms with Gasteiger partial charge in [-0.3, -0.25) is 9.48 Å². The van der Waals surface area contributed by atoms with Gasteiger partial charge in [-0.05, 0) is 43.5 Å². The molecule has 6 heteroatoms. The number of anilines is 1. The molecule has 1 saturated carbocycles. The standard InChI is InChI=1S/C20H23N5O/c1-15-12-19(25(23-15)18-8-2-3-9-18)22-20(26)17-7-4-6-16(13-17)14-24-11-5-10-21-24/h4-7,10-13,18H,2-3,8-9,14H2,1H3,(H,22,26). The minimum atomic E-state index is -0.105. The molecule has 1 aliphatic carbocycles. The zero-order valence-electron chi connectivity index (χ0n) is 14.9. The van der Waals surface area contributed by atoms with Gasteiger partial charge in [0.2, 0.25) is 0 Å². The Kier molecular flexibility index (Phi) is 4.56. The minimum absolute atomic E-state index is 0.105. The number of nitrogens with zero attached hydrogens (tertiary/aromatic N) is 4. The van der Waals surface area contributed by atoms with Crippen LogP contribution in [0.5, 0.6) is 0 Å². The lowest BCUT2D eigenvalue weighted by Crippen LogP contribution is -2.18. The lowest BCUT2D eigenvalue weighted by molar-refractivity contribution is 0.102. The molecule has 3 aromatic rings. The van der Waals surface area contributed by atoms with E-state index in [1.54, 1.807) is 6.20 Å². The first-order valence-corrected chi connectivity index (χ1v) is 9.13. The number of hydrogen-bond donors (Lipinski definition) is 1. The van der Waals surface area contributed by atoms with Crippen LogP contribution in [-0.2, 0) is 6.54 Å². The molecule has 0 atom stereocenters. The number of rotatable bonds is 5. The molecule has 1 amide bonds. The van der Waals surface area contributed by atoms with Crippen molar-refractivity contribution in [3.63, 3.8) is 0 Å². The van der Waals surface area contributed by atoms with Crippen molar-refractivity contribution in [3.05, 3.63) is 65.6 Å². The number of carbonyl (C=O) groups is 1. The molecule has 4 rings (SSSR count). The molecular weight excluding hydrogens is 326 g/mol. The van der Waals surface area contributed by atoms with E-state index in [0.717, 1.165) is 29.9 Å². The molecule has 0 spiro atoms. The highest BCUT2D eigenvalue weighted by Gasteiger charge is 2.21. The summed E-state index contributed by atoms with van der Waals surface area (Å²) in [6.45, 7) is 2.61. The van der Waals surface area contributed by atoms with Crippen LogP contribution >= 0.6 is 0 Å². The highest BCUT2D eigenvalue weighted by Crippen LogP contribution is 2.32. The summed E-state index contributed by atoms with van der Waals surface area (Å²) in [6.07, 6.45) is 8.38. The van der Waals surface area contributed by atoms with Crippen LogP contribution in [0.4, 0.5) is 5.82 Å². The van der Waals surface area contributed by atoms with Crippen molar-refractivity contribution in [3.8, 4) is 0 Å². The third-order valence-corrected chi connectivity index (χ3v) is 4.86. The van der Waals surface area contributed by atoms with Crippen LogP contribution < -0.4 is 5.32 Å². The van der Waals surface area contributed by atoms with Gasteiger partial charge in [-0.25, -0.2) is 4.68 Å². The van der Waals surface area contributed by atoms with E-state index < -0.39 is 0 Å². The maximum Gasteiger partial charge on any atom is 0.256 e. The van der Waals surface area contributed by atoms with Crippen molar-refractivity contribution >= 4 is 11.7 Å². The van der Waals surface area contributed by atoms with Crippen LogP contribution in [0.2, 0.25) is 0 Å². The van der Waals surface area contributed by atoms with E-state index in [1.165, 1.54) is 12.8 Å². The van der Waals surface area contributed by atoms with E-state index in [0.29, 0.717) is 18.2 Å². The fraction of sp³-hybridized carbons (Fsp3) is 0.350. The van der Waals surface area contributed by atoms with Gasteiger partial charge in [-0.1, -0.05) is 25.0 Å². The zero-order valence-corrected chi connectivity index (χ0v) is 14.9. The predicted molar refractivity (Wildman–Crippen MR) is 100 cm³/mol. The average molecular weight is 349 g/mol. The Morgan fingerprint density at radius 1 is 1.23 bits per heavy atom. The number of benzene rings is 1. The Balaban J connectivity index is 1.52. The van der Waals surface area contributed by atoms with Crippen molar-refractivity contribution in [1.29, 1.82) is 0 Å². The minimum Gasteiger partial charge on any atom is -0.307 e. The second-order valence-corrected chi connectivity index (χ2v) is 6.91. The Bertz CT molecular complexity index is 891. The van der Waals surface area contributed by atoms with Crippen LogP contribution in [0.15, 0.2) is 48.8 Å². The molecule has 1 aromatic carbocycles. The molecule has 2 heterocycles. The van der Waals surface area contributed by atoms with E-state index >= 15 is 0 Å². The average Bonchev–Trinajstić information content (AvgIpc) is 3.37. The van der Waals surface area contributed by atoms with Gasteiger partial charge in [0, 0.05) is 24.0 Å². The Morgan fingerprint density at radius 2 is 2.08 bits per heavy atom. The van der Waals surface area contributed by atoms with Gasteiger partial charge in [0.05, 0.1) is 18.3 Å². The molecule has 0 radical (unpaired) electrons. The van der Waals surface area contributed by atoms with Crippen LogP contribution in [0.25, 0.3) is 0 Å². The number of hydrogen-bond acceptors (Lipinski definition) is 3. The highest BCUT2D eigenvalue weighted by atomic mass is 16.1. The number of aryl methyl sites for hydroxylation is 1. The summed E-state index contributed by atoms with van der Waals surface area (Å²) in [6, 6.07) is 11.9. The molecule has 26 heavy (non-hydrogen) atoms. The quantitative estimate of drug-likeness (QED) is 0.762. The summed E-state index contributed by atoms with van der Waals surface area (Å²) in [5, 5.41) is 11.9. The van der Waals surface area contributed by atoms with Gasteiger partial charge in [-0.2, -0.15) is 10.2 Å². The molecule has 1 fully saturated rings. The molecule has 0 unspecified atom stereocenters. The third kappa shape index (κ3) is 3.54. The maximum atomic E-state index is 12.8. The smallest absolute Gasteiger partial charge is 0.256 e. The number of nitrogens with one attached hydrogen (secondary N) is 1. The van der Waals surface area contributed by atoms with Crippen LogP contribution in [0, 0.1) is 6.92 Å². The lowest BCUT2D eigenvalue weighted by Gasteiger charge is -2.15. The van der Waals surface area contributed by atoms with Crippen molar-refractivity contribution in [2.75, 3.05) is 5.32 Å². The second-order valence-electron chi connectivity index (χ2n) is 6.91. The van der Waals surface area contributed by atoms with Gasteiger partial charge in [0.25, 0.3) is 5.91 Å². The summed E-state index contributed by atoms with van der Waals surface area (Å²) in [5.41, 5.74) is 2.62. The Morgan fingerprint density at radius 3 is 2.85 bits per heavy atom. The van der Waals surface area contributed by atoms with E-state index in [9.17, 15) is 4.79 Å². The summed E-state index contributed by atoms with van der Waals surface area (Å²) in [4.78, 5) is 12.8. The highest BCUT2D eigenvalue weighted by molar-refractivity contribution is 6.04. The van der Waals surface area contributed by atoms with Crippen LogP contribution in [0.1, 0.15) is 53.3 Å². The van der Waals surface area contributed by atoms with Gasteiger partial charge < -0.3 is 5.32 Å². The molecular formula is C20H23N5O. The maximum absolute atomic E-state index is 12.8. The molecule has 1 N–H and O–H groups in total. The van der Waals surface area contributed by atoms with Crippen molar-refractivity contribution in [2.24, 2.45) is 0 Å². The number of aromatic nitrogens is 4. The van der Waals surface area contributed by atoms with Gasteiger partial charge in [0.15, 0.2) is 0 Å². The summed E-state index contributed by atoms with van der Waals surface area (Å²) in [7, 11) is 0. The van der Waals surface area contributed by atoms with Gasteiger partial charge in [0.1, 0.15) is 5.82 Å². The van der Waals surface area contributed by atoms with Crippen molar-refractivity contribution in [2.45, 2.75) is 45.2 Å². The monoisotopic (exact) mass is 349 g/mol. The second kappa shape index (κ2) is 7.15. The van der Waals surface area contributed by atoms with Crippen LogP contribution in [0.3, 0.4) is 0 Å². The first-order chi connectivity index (χ1) is 12.7. The Hall–Kier alpha value is -2.89. The molecule has 1 aliphatic rings. The molecule has 6 nitrogen and oxygen atoms in total. The van der Waals surface area contributed by atoms with E-state index in [1.807, 2.05) is 58.9 Å². The fourth-order valence-corrected chi connectivity index (χ4v) is 3.62. The normalized spacial score (nSPS) is 14.7. The van der Waals surface area contributed by atoms with Crippen molar-refractivity contribution in [1.82, 2.24) is 19.6 Å². The van der Waals surface area contributed by atoms with Crippen LogP contribution in [-0.4, -0.2) is 25.5 Å². The first kappa shape index (κ1) is 16.6. The molecule has 2 aromatic heterocycles. The number of amides is 1. The SMILES string of the molecule is Cc1cc(NC(=O)c2cccc(Cn3cccn3)c2)n(C2CCCC2)n1. The lowest BCUT2D eigenvalue weighted by atomic mass is 10.1. The van der Waals surface area contributed by atoms with Gasteiger partial charge in [-0.15, -0.1) is 0 Å². The predicted octanol–water partition coefficient (Wildman–Crippen LogP) is 3.80. The van der Waals surface area contributed by atoms with Crippen molar-refractivity contribution < 1.29 is 4.79 Å². The largest absolute Gasteiger partial charge is 0.307 e. The summed E-state index contributed by atoms with van der Waals surface area (Å²) < 4.78 is 3.84. The third-order valence-electron chi connectivity index (χ3n) is 4.86. The molecule has 0 bridgehead atoms. The van der Waals surface area contributed by atoms with Gasteiger partial charge >= 0.3 is 0 Å².